The lowest BCUT2D eigenvalue weighted by Gasteiger charge is -1.98. The zero-order valence-corrected chi connectivity index (χ0v) is 7.88. The van der Waals surface area contributed by atoms with Crippen molar-refractivity contribution in [2.24, 2.45) is 0 Å². The van der Waals surface area contributed by atoms with Gasteiger partial charge in [-0.15, -0.1) is 0 Å². The van der Waals surface area contributed by atoms with Gasteiger partial charge >= 0.3 is 0 Å². The predicted octanol–water partition coefficient (Wildman–Crippen LogP) is 1.75. The Kier molecular flexibility index (Phi) is 2.53. The molecule has 78 valence electrons. The summed E-state index contributed by atoms with van der Waals surface area (Å²) in [6.07, 6.45) is 2.94. The summed E-state index contributed by atoms with van der Waals surface area (Å²) in [5, 5.41) is 10.1. The van der Waals surface area contributed by atoms with Crippen LogP contribution in [0.25, 0.3) is 0 Å². The van der Waals surface area contributed by atoms with Gasteiger partial charge in [-0.05, 0) is 30.2 Å². The van der Waals surface area contributed by atoms with Gasteiger partial charge in [0.1, 0.15) is 0 Å². The van der Waals surface area contributed by atoms with Crippen LogP contribution in [0.4, 0.5) is 0 Å². The number of nitrogens with zero attached hydrogens (tertiary/aromatic N) is 1. The summed E-state index contributed by atoms with van der Waals surface area (Å²) < 4.78 is 10.3. The van der Waals surface area contributed by atoms with Crippen molar-refractivity contribution in [3.8, 4) is 11.5 Å². The first-order valence-corrected chi connectivity index (χ1v) is 4.44. The maximum Gasteiger partial charge on any atom is 0.231 e. The molecule has 1 aliphatic heterocycles. The molecular weight excluding hydrogens is 198 g/mol. The normalized spacial score (nSPS) is 13.3. The van der Waals surface area contributed by atoms with Gasteiger partial charge in [-0.3, -0.25) is 10.1 Å². The van der Waals surface area contributed by atoms with Crippen LogP contribution in [0.2, 0.25) is 0 Å². The quantitative estimate of drug-likeness (QED) is 0.559. The molecule has 0 saturated carbocycles. The summed E-state index contributed by atoms with van der Waals surface area (Å²) in [5.41, 5.74) is 0.956. The molecular formula is C10H9NO4. The van der Waals surface area contributed by atoms with Crippen molar-refractivity contribution in [2.45, 2.75) is 6.42 Å². The van der Waals surface area contributed by atoms with E-state index in [0.717, 1.165) is 17.5 Å². The van der Waals surface area contributed by atoms with Crippen LogP contribution >= 0.6 is 0 Å². The molecule has 0 aromatic heterocycles. The van der Waals surface area contributed by atoms with Gasteiger partial charge < -0.3 is 9.47 Å². The van der Waals surface area contributed by atoms with E-state index in [1.165, 1.54) is 6.08 Å². The Labute approximate surface area is 86.1 Å². The minimum absolute atomic E-state index is 0.240. The van der Waals surface area contributed by atoms with Gasteiger partial charge in [-0.2, -0.15) is 0 Å². The Balaban J connectivity index is 2.07. The molecule has 0 atom stereocenters. The van der Waals surface area contributed by atoms with E-state index < -0.39 is 4.92 Å². The van der Waals surface area contributed by atoms with Crippen LogP contribution in [0, 0.1) is 10.1 Å². The average molecular weight is 207 g/mol. The minimum atomic E-state index is -0.479. The number of rotatable bonds is 3. The van der Waals surface area contributed by atoms with Crippen LogP contribution in [-0.2, 0) is 6.42 Å². The fourth-order valence-electron chi connectivity index (χ4n) is 1.34. The lowest BCUT2D eigenvalue weighted by atomic mass is 10.1. The summed E-state index contributed by atoms with van der Waals surface area (Å²) in [6.45, 7) is 0.240. The molecule has 0 N–H and O–H groups in total. The Bertz CT molecular complexity index is 414. The minimum Gasteiger partial charge on any atom is -0.454 e. The van der Waals surface area contributed by atoms with Crippen molar-refractivity contribution in [3.63, 3.8) is 0 Å². The molecule has 0 radical (unpaired) electrons. The van der Waals surface area contributed by atoms with Crippen LogP contribution in [0.3, 0.4) is 0 Å². The Morgan fingerprint density at radius 1 is 1.40 bits per heavy atom. The number of allylic oxidation sites excluding steroid dienone is 1. The molecule has 0 bridgehead atoms. The third-order valence-electron chi connectivity index (χ3n) is 2.02. The van der Waals surface area contributed by atoms with Gasteiger partial charge in [0.2, 0.25) is 13.0 Å². The monoisotopic (exact) mass is 207 g/mol. The first-order chi connectivity index (χ1) is 7.25. The van der Waals surface area contributed by atoms with Gasteiger partial charge in [0, 0.05) is 0 Å². The number of hydrogen-bond donors (Lipinski definition) is 0. The predicted molar refractivity (Wildman–Crippen MR) is 52.4 cm³/mol. The molecule has 5 heteroatoms. The molecule has 0 amide bonds. The van der Waals surface area contributed by atoms with Gasteiger partial charge in [0.15, 0.2) is 11.5 Å². The van der Waals surface area contributed by atoms with Crippen molar-refractivity contribution in [2.75, 3.05) is 6.79 Å². The van der Waals surface area contributed by atoms with Crippen LogP contribution < -0.4 is 9.47 Å². The van der Waals surface area contributed by atoms with E-state index in [1.54, 1.807) is 6.07 Å². The van der Waals surface area contributed by atoms with Crippen molar-refractivity contribution in [3.05, 3.63) is 46.2 Å². The van der Waals surface area contributed by atoms with E-state index in [4.69, 9.17) is 9.47 Å². The molecule has 1 heterocycles. The summed E-state index contributed by atoms with van der Waals surface area (Å²) in [4.78, 5) is 9.57. The van der Waals surface area contributed by atoms with E-state index >= 15 is 0 Å². The molecule has 1 aromatic carbocycles. The average Bonchev–Trinajstić information content (AvgIpc) is 2.64. The number of ether oxygens (including phenoxy) is 2. The van der Waals surface area contributed by atoms with Gasteiger partial charge in [0.05, 0.1) is 4.92 Å². The standard InChI is InChI=1S/C10H9NO4/c12-11(13)5-1-2-8-3-4-9-10(6-8)15-7-14-9/h1,3-6H,2,7H2/b5-1+. The maximum absolute atomic E-state index is 10.1. The van der Waals surface area contributed by atoms with Crippen molar-refractivity contribution < 1.29 is 14.4 Å². The second-order valence-electron chi connectivity index (χ2n) is 3.06. The Morgan fingerprint density at radius 2 is 2.20 bits per heavy atom. The highest BCUT2D eigenvalue weighted by Crippen LogP contribution is 2.32. The number of hydrogen-bond acceptors (Lipinski definition) is 4. The van der Waals surface area contributed by atoms with E-state index in [9.17, 15) is 10.1 Å². The third-order valence-corrected chi connectivity index (χ3v) is 2.02. The van der Waals surface area contributed by atoms with Crippen molar-refractivity contribution >= 4 is 0 Å². The van der Waals surface area contributed by atoms with Gasteiger partial charge in [0.25, 0.3) is 0 Å². The molecule has 1 aromatic rings. The highest BCUT2D eigenvalue weighted by Gasteiger charge is 2.12. The zero-order valence-electron chi connectivity index (χ0n) is 7.88. The third kappa shape index (κ3) is 2.25. The van der Waals surface area contributed by atoms with Crippen LogP contribution in [0.15, 0.2) is 30.5 Å². The van der Waals surface area contributed by atoms with Crippen molar-refractivity contribution in [1.29, 1.82) is 0 Å². The molecule has 0 saturated heterocycles. The lowest BCUT2D eigenvalue weighted by molar-refractivity contribution is -0.402. The first kappa shape index (κ1) is 9.51. The second-order valence-corrected chi connectivity index (χ2v) is 3.06. The second kappa shape index (κ2) is 4.00. The smallest absolute Gasteiger partial charge is 0.231 e. The van der Waals surface area contributed by atoms with E-state index in [0.29, 0.717) is 12.2 Å². The molecule has 0 fully saturated rings. The van der Waals surface area contributed by atoms with E-state index in [-0.39, 0.29) is 6.79 Å². The highest BCUT2D eigenvalue weighted by atomic mass is 16.7. The highest BCUT2D eigenvalue weighted by molar-refractivity contribution is 5.44. The van der Waals surface area contributed by atoms with Crippen LogP contribution in [0.5, 0.6) is 11.5 Å². The molecule has 15 heavy (non-hydrogen) atoms. The van der Waals surface area contributed by atoms with E-state index in [1.807, 2.05) is 12.1 Å². The summed E-state index contributed by atoms with van der Waals surface area (Å²) in [6, 6.07) is 5.49. The number of fused-ring (bicyclic) bond motifs is 1. The zero-order chi connectivity index (χ0) is 10.7. The molecule has 0 aliphatic carbocycles. The molecule has 0 spiro atoms. The Morgan fingerprint density at radius 3 is 3.00 bits per heavy atom. The number of nitro groups is 1. The van der Waals surface area contributed by atoms with Crippen LogP contribution in [0.1, 0.15) is 5.56 Å². The van der Waals surface area contributed by atoms with Gasteiger partial charge in [-0.25, -0.2) is 0 Å². The molecule has 5 nitrogen and oxygen atoms in total. The number of benzene rings is 1. The molecule has 0 unspecified atom stereocenters. The lowest BCUT2D eigenvalue weighted by Crippen LogP contribution is -1.92. The van der Waals surface area contributed by atoms with Crippen molar-refractivity contribution in [1.82, 2.24) is 0 Å². The first-order valence-electron chi connectivity index (χ1n) is 4.44. The van der Waals surface area contributed by atoms with Crippen LogP contribution in [-0.4, -0.2) is 11.7 Å². The summed E-state index contributed by atoms with van der Waals surface area (Å²) >= 11 is 0. The summed E-state index contributed by atoms with van der Waals surface area (Å²) in [5.74, 6) is 1.42. The largest absolute Gasteiger partial charge is 0.454 e. The SMILES string of the molecule is O=[N+]([O-])/C=C/Cc1ccc2c(c1)OCO2. The Hall–Kier alpha value is -2.04. The van der Waals surface area contributed by atoms with E-state index in [2.05, 4.69) is 0 Å². The fourth-order valence-corrected chi connectivity index (χ4v) is 1.34. The molecule has 2 rings (SSSR count). The topological polar surface area (TPSA) is 61.6 Å². The van der Waals surface area contributed by atoms with Gasteiger partial charge in [-0.1, -0.05) is 6.07 Å². The summed E-state index contributed by atoms with van der Waals surface area (Å²) in [7, 11) is 0. The maximum atomic E-state index is 10.1. The molecule has 1 aliphatic rings. The fraction of sp³-hybridized carbons (Fsp3) is 0.200.